The molecule has 0 aliphatic rings. The van der Waals surface area contributed by atoms with Crippen molar-refractivity contribution in [3.05, 3.63) is 33.3 Å². The van der Waals surface area contributed by atoms with Crippen LogP contribution in [-0.2, 0) is 43.8 Å². The summed E-state index contributed by atoms with van der Waals surface area (Å²) >= 11 is 2.91. The van der Waals surface area contributed by atoms with Gasteiger partial charge >= 0.3 is 121 Å². The van der Waals surface area contributed by atoms with Crippen LogP contribution in [0.4, 0.5) is 0 Å². The third kappa shape index (κ3) is 59.6. The monoisotopic (exact) mass is 306 g/mol. The molecule has 0 aromatic carbocycles. The zero-order chi connectivity index (χ0) is 17.5. The van der Waals surface area contributed by atoms with Crippen molar-refractivity contribution in [1.82, 2.24) is 0 Å². The molecule has 19 heavy (non-hydrogen) atoms. The molecular weight excluding hydrogens is 292 g/mol. The minimum atomic E-state index is 0.149. The molecule has 0 saturated carbocycles. The Bertz CT molecular complexity index is 232. The Morgan fingerprint density at radius 2 is 1.05 bits per heavy atom. The van der Waals surface area contributed by atoms with Gasteiger partial charge in [0.15, 0.2) is 0 Å². The van der Waals surface area contributed by atoms with E-state index in [0.717, 1.165) is 11.2 Å². The molecule has 0 aromatic rings. The third-order valence-electron chi connectivity index (χ3n) is 0.888. The summed E-state index contributed by atoms with van der Waals surface area (Å²) in [7, 11) is 0. The molecule has 6 nitrogen and oxygen atoms in total. The zero-order valence-corrected chi connectivity index (χ0v) is 12.3. The first-order chi connectivity index (χ1) is 8.98. The average molecular weight is 306 g/mol. The first-order valence-corrected chi connectivity index (χ1v) is 4.81. The van der Waals surface area contributed by atoms with E-state index in [1.165, 1.54) is 0 Å². The van der Waals surface area contributed by atoms with Gasteiger partial charge in [-0.25, -0.2) is 0 Å². The summed E-state index contributed by atoms with van der Waals surface area (Å²) in [6.45, 7) is 31.6. The molecule has 0 fully saturated rings. The molecule has 0 rings (SSSR count). The summed E-state index contributed by atoms with van der Waals surface area (Å²) in [5, 5.41) is 0. The maximum atomic E-state index is 7.50. The fourth-order valence-electron chi connectivity index (χ4n) is 0.348. The topological polar surface area (TPSA) is 109 Å². The van der Waals surface area contributed by atoms with E-state index in [1.807, 2.05) is 6.92 Å². The number of hydrogen-bond donors (Lipinski definition) is 0. The van der Waals surface area contributed by atoms with Gasteiger partial charge in [0, 0.05) is 0 Å². The molecular formula is C12H14CrO6. The molecule has 0 aromatic heterocycles. The van der Waals surface area contributed by atoms with Gasteiger partial charge in [0.1, 0.15) is 0 Å². The third-order valence-corrected chi connectivity index (χ3v) is 2.03. The molecule has 104 valence electrons. The van der Waals surface area contributed by atoms with Crippen molar-refractivity contribution in [3.63, 3.8) is 0 Å². The molecule has 0 N–H and O–H groups in total. The molecule has 0 aliphatic carbocycles. The molecule has 0 aliphatic heterocycles. The first kappa shape index (κ1) is 36.1. The van der Waals surface area contributed by atoms with Gasteiger partial charge in [-0.15, -0.1) is 0 Å². The number of rotatable bonds is 2. The van der Waals surface area contributed by atoms with Crippen LogP contribution in [0.2, 0.25) is 0 Å². The molecule has 0 heterocycles. The number of hydrogen-bond acceptors (Lipinski definition) is 1. The Hall–Kier alpha value is -0.938. The Morgan fingerprint density at radius 1 is 0.842 bits per heavy atom. The van der Waals surface area contributed by atoms with Gasteiger partial charge in [0.05, 0.1) is 0 Å². The van der Waals surface area contributed by atoms with Crippen LogP contribution < -0.4 is 0 Å². The van der Waals surface area contributed by atoms with Gasteiger partial charge in [-0.2, -0.15) is 0 Å². The normalized spacial score (nSPS) is 6.00. The maximum absolute atomic E-state index is 7.50. The second-order valence-corrected chi connectivity index (χ2v) is 3.55. The van der Waals surface area contributed by atoms with Crippen LogP contribution >= 0.6 is 0 Å². The van der Waals surface area contributed by atoms with E-state index in [9.17, 15) is 0 Å². The van der Waals surface area contributed by atoms with Gasteiger partial charge in [0.25, 0.3) is 0 Å². The van der Waals surface area contributed by atoms with Crippen LogP contribution in [0.3, 0.4) is 0 Å². The van der Waals surface area contributed by atoms with Crippen molar-refractivity contribution in [2.24, 2.45) is 5.41 Å². The van der Waals surface area contributed by atoms with Crippen LogP contribution in [0.15, 0.2) is 0 Å². The SMILES string of the molecule is CCO[C](=[Cr])C(C)(C)C.[C-]#[O+].[C-]#[O+].[C-]#[O+].[C-]#[O+].[C-]#[O+]. The standard InChI is InChI=1S/C7H14O.5CO.Cr/c1-5-8-6-7(2,3)4;5*1-2;/h5H2,1-4H3;;;;;;. The van der Waals surface area contributed by atoms with Gasteiger partial charge in [-0.05, 0) is 0 Å². The minimum absolute atomic E-state index is 0.149. The van der Waals surface area contributed by atoms with Gasteiger partial charge in [-0.3, -0.25) is 0 Å². The molecule has 7 heteroatoms. The Kier molecular flexibility index (Phi) is 82.7. The molecule has 0 unspecified atom stereocenters. The second kappa shape index (κ2) is 43.5. The summed E-state index contributed by atoms with van der Waals surface area (Å²) in [6.07, 6.45) is 0. The van der Waals surface area contributed by atoms with Crippen molar-refractivity contribution < 1.29 is 43.8 Å². The quantitative estimate of drug-likeness (QED) is 0.560. The van der Waals surface area contributed by atoms with E-state index >= 15 is 0 Å². The van der Waals surface area contributed by atoms with Gasteiger partial charge < -0.3 is 0 Å². The predicted octanol–water partition coefficient (Wildman–Crippen LogP) is 1.56. The molecule has 0 saturated heterocycles. The second-order valence-electron chi connectivity index (χ2n) is 2.97. The van der Waals surface area contributed by atoms with E-state index < -0.39 is 0 Å². The molecule has 0 amide bonds. The van der Waals surface area contributed by atoms with E-state index in [1.54, 1.807) is 0 Å². The molecule has 0 bridgehead atoms. The van der Waals surface area contributed by atoms with Crippen LogP contribution in [0.1, 0.15) is 27.7 Å². The van der Waals surface area contributed by atoms with Crippen LogP contribution in [0, 0.1) is 38.7 Å². The summed E-state index contributed by atoms with van der Waals surface area (Å²) in [4.78, 5) is 0. The van der Waals surface area contributed by atoms with Crippen molar-refractivity contribution in [3.8, 4) is 0 Å². The Labute approximate surface area is 122 Å². The van der Waals surface area contributed by atoms with E-state index in [0.29, 0.717) is 0 Å². The van der Waals surface area contributed by atoms with Crippen molar-refractivity contribution in [2.75, 3.05) is 6.61 Å². The fourth-order valence-corrected chi connectivity index (χ4v) is 0.532. The van der Waals surface area contributed by atoms with Crippen molar-refractivity contribution in [1.29, 1.82) is 0 Å². The van der Waals surface area contributed by atoms with Crippen LogP contribution in [0.25, 0.3) is 0 Å². The Morgan fingerprint density at radius 3 is 1.11 bits per heavy atom. The summed E-state index contributed by atoms with van der Waals surface area (Å²) in [5.74, 6) is 0. The van der Waals surface area contributed by atoms with E-state index in [-0.39, 0.29) is 5.41 Å². The van der Waals surface area contributed by atoms with Gasteiger partial charge in [0.2, 0.25) is 0 Å². The van der Waals surface area contributed by atoms with E-state index in [4.69, 9.17) is 28.0 Å². The number of ether oxygens (including phenoxy) is 1. The summed E-state index contributed by atoms with van der Waals surface area (Å²) in [5.41, 5.74) is 0.149. The molecule has 0 atom stereocenters. The van der Waals surface area contributed by atoms with Crippen LogP contribution in [0.5, 0.6) is 0 Å². The Balaban J connectivity index is -0.0000000356. The fraction of sp³-hybridized carbons (Fsp3) is 0.500. The zero-order valence-electron chi connectivity index (χ0n) is 11.1. The van der Waals surface area contributed by atoms with Crippen molar-refractivity contribution in [2.45, 2.75) is 27.7 Å². The first-order valence-electron chi connectivity index (χ1n) is 4.17. The molecule has 0 spiro atoms. The van der Waals surface area contributed by atoms with Crippen molar-refractivity contribution >= 4 is 4.57 Å². The molecule has 0 radical (unpaired) electrons. The van der Waals surface area contributed by atoms with E-state index in [2.05, 4.69) is 69.9 Å². The summed E-state index contributed by atoms with van der Waals surface area (Å²) < 4.78 is 43.8. The van der Waals surface area contributed by atoms with Gasteiger partial charge in [-0.1, -0.05) is 0 Å². The van der Waals surface area contributed by atoms with Crippen LogP contribution in [-0.4, -0.2) is 11.2 Å². The summed E-state index contributed by atoms with van der Waals surface area (Å²) in [6, 6.07) is 0. The predicted molar refractivity (Wildman–Crippen MR) is 55.7 cm³/mol. The average Bonchev–Trinajstić information content (AvgIpc) is 2.49.